The van der Waals surface area contributed by atoms with Crippen LogP contribution in [0.3, 0.4) is 0 Å². The predicted octanol–water partition coefficient (Wildman–Crippen LogP) is 3.37. The third-order valence-electron chi connectivity index (χ3n) is 2.57. The molecule has 2 atom stereocenters. The van der Waals surface area contributed by atoms with Gasteiger partial charge in [0.1, 0.15) is 0 Å². The number of hydrogen-bond donors (Lipinski definition) is 1. The van der Waals surface area contributed by atoms with E-state index in [0.29, 0.717) is 10.9 Å². The summed E-state index contributed by atoms with van der Waals surface area (Å²) in [6.07, 6.45) is 0. The van der Waals surface area contributed by atoms with Crippen molar-refractivity contribution < 1.29 is 0 Å². The first-order valence-electron chi connectivity index (χ1n) is 4.57. The number of nitrogens with two attached hydrogens (primary N) is 1. The van der Waals surface area contributed by atoms with Gasteiger partial charge in [0.2, 0.25) is 0 Å². The van der Waals surface area contributed by atoms with Crippen LogP contribution >= 0.6 is 23.8 Å². The molecule has 76 valence electrons. The summed E-state index contributed by atoms with van der Waals surface area (Å²) in [5.74, 6) is 0.509. The molecule has 2 N–H and O–H groups in total. The molecule has 0 saturated heterocycles. The van der Waals surface area contributed by atoms with E-state index in [2.05, 4.69) is 6.92 Å². The zero-order valence-corrected chi connectivity index (χ0v) is 9.90. The highest BCUT2D eigenvalue weighted by Gasteiger charge is 2.16. The fraction of sp³-hybridized carbons (Fsp3) is 0.364. The molecule has 1 aromatic carbocycles. The molecule has 0 saturated carbocycles. The van der Waals surface area contributed by atoms with Crippen LogP contribution in [-0.2, 0) is 0 Å². The zero-order chi connectivity index (χ0) is 10.7. The van der Waals surface area contributed by atoms with Crippen LogP contribution in [0, 0.1) is 5.92 Å². The second kappa shape index (κ2) is 4.76. The van der Waals surface area contributed by atoms with Crippen LogP contribution in [0.5, 0.6) is 0 Å². The Hall–Kier alpha value is -0.600. The molecule has 0 spiro atoms. The SMILES string of the molecule is CC(C(N)=S)C(C)c1cccc(Cl)c1. The highest BCUT2D eigenvalue weighted by molar-refractivity contribution is 7.80. The number of benzene rings is 1. The van der Waals surface area contributed by atoms with Crippen molar-refractivity contribution in [2.75, 3.05) is 0 Å². The Morgan fingerprint density at radius 3 is 2.57 bits per heavy atom. The van der Waals surface area contributed by atoms with E-state index in [0.717, 1.165) is 5.02 Å². The molecule has 0 amide bonds. The first kappa shape index (κ1) is 11.5. The lowest BCUT2D eigenvalue weighted by molar-refractivity contribution is 0.627. The molecule has 0 radical (unpaired) electrons. The van der Waals surface area contributed by atoms with E-state index in [1.165, 1.54) is 5.56 Å². The van der Waals surface area contributed by atoms with Crippen LogP contribution in [0.15, 0.2) is 24.3 Å². The van der Waals surface area contributed by atoms with Gasteiger partial charge in [0.05, 0.1) is 4.99 Å². The Morgan fingerprint density at radius 1 is 1.43 bits per heavy atom. The van der Waals surface area contributed by atoms with Gasteiger partial charge in [-0.25, -0.2) is 0 Å². The number of hydrogen-bond acceptors (Lipinski definition) is 1. The van der Waals surface area contributed by atoms with E-state index in [1.54, 1.807) is 0 Å². The van der Waals surface area contributed by atoms with E-state index in [-0.39, 0.29) is 5.92 Å². The molecular formula is C11H14ClNS. The van der Waals surface area contributed by atoms with Gasteiger partial charge in [0.25, 0.3) is 0 Å². The smallest absolute Gasteiger partial charge is 0.0761 e. The van der Waals surface area contributed by atoms with E-state index >= 15 is 0 Å². The van der Waals surface area contributed by atoms with Crippen molar-refractivity contribution in [2.24, 2.45) is 11.7 Å². The first-order chi connectivity index (χ1) is 6.52. The van der Waals surface area contributed by atoms with Gasteiger partial charge in [-0.15, -0.1) is 0 Å². The van der Waals surface area contributed by atoms with E-state index in [1.807, 2.05) is 31.2 Å². The molecular weight excluding hydrogens is 214 g/mol. The maximum Gasteiger partial charge on any atom is 0.0761 e. The summed E-state index contributed by atoms with van der Waals surface area (Å²) in [5.41, 5.74) is 6.79. The monoisotopic (exact) mass is 227 g/mol. The molecule has 0 bridgehead atoms. The second-order valence-electron chi connectivity index (χ2n) is 3.53. The maximum absolute atomic E-state index is 5.91. The summed E-state index contributed by atoms with van der Waals surface area (Å²) >= 11 is 10.9. The Balaban J connectivity index is 2.89. The van der Waals surface area contributed by atoms with Crippen molar-refractivity contribution in [3.63, 3.8) is 0 Å². The second-order valence-corrected chi connectivity index (χ2v) is 4.44. The van der Waals surface area contributed by atoms with Crippen molar-refractivity contribution in [1.29, 1.82) is 0 Å². The lowest BCUT2D eigenvalue weighted by Gasteiger charge is -2.19. The lowest BCUT2D eigenvalue weighted by atomic mass is 9.89. The molecule has 0 heterocycles. The molecule has 3 heteroatoms. The maximum atomic E-state index is 5.91. The average Bonchev–Trinajstić information content (AvgIpc) is 2.15. The summed E-state index contributed by atoms with van der Waals surface area (Å²) in [5, 5.41) is 0.754. The van der Waals surface area contributed by atoms with Gasteiger partial charge in [-0.3, -0.25) is 0 Å². The summed E-state index contributed by atoms with van der Waals surface area (Å²) in [6, 6.07) is 7.82. The quantitative estimate of drug-likeness (QED) is 0.802. The third kappa shape index (κ3) is 2.69. The van der Waals surface area contributed by atoms with Crippen molar-refractivity contribution in [2.45, 2.75) is 19.8 Å². The fourth-order valence-electron chi connectivity index (χ4n) is 1.32. The minimum absolute atomic E-state index is 0.198. The standard InChI is InChI=1S/C11H14ClNS/c1-7(8(2)11(13)14)9-4-3-5-10(12)6-9/h3-8H,1-2H3,(H2,13,14). The third-order valence-corrected chi connectivity index (χ3v) is 3.18. The van der Waals surface area contributed by atoms with Gasteiger partial charge >= 0.3 is 0 Å². The average molecular weight is 228 g/mol. The molecule has 0 aliphatic heterocycles. The summed E-state index contributed by atoms with van der Waals surface area (Å²) < 4.78 is 0. The molecule has 0 aliphatic carbocycles. The van der Waals surface area contributed by atoms with Gasteiger partial charge in [-0.1, -0.05) is 49.8 Å². The van der Waals surface area contributed by atoms with Gasteiger partial charge in [0, 0.05) is 10.9 Å². The Kier molecular flexibility index (Phi) is 3.90. The van der Waals surface area contributed by atoms with Gasteiger partial charge in [-0.05, 0) is 23.6 Å². The zero-order valence-electron chi connectivity index (χ0n) is 8.33. The molecule has 0 aliphatic rings. The predicted molar refractivity (Wildman–Crippen MR) is 65.8 cm³/mol. The molecule has 0 fully saturated rings. The van der Waals surface area contributed by atoms with E-state index in [9.17, 15) is 0 Å². The van der Waals surface area contributed by atoms with Crippen LogP contribution in [0.2, 0.25) is 5.02 Å². The van der Waals surface area contributed by atoms with Crippen molar-refractivity contribution in [1.82, 2.24) is 0 Å². The fourth-order valence-corrected chi connectivity index (χ4v) is 1.73. The number of halogens is 1. The summed E-state index contributed by atoms with van der Waals surface area (Å²) in [4.78, 5) is 0.553. The molecule has 1 rings (SSSR count). The van der Waals surface area contributed by atoms with Gasteiger partial charge < -0.3 is 5.73 Å². The van der Waals surface area contributed by atoms with Gasteiger partial charge in [0.15, 0.2) is 0 Å². The highest BCUT2D eigenvalue weighted by atomic mass is 35.5. The van der Waals surface area contributed by atoms with Crippen molar-refractivity contribution in [3.8, 4) is 0 Å². The number of rotatable bonds is 3. The molecule has 14 heavy (non-hydrogen) atoms. The Bertz CT molecular complexity index is 338. The Morgan fingerprint density at radius 2 is 2.07 bits per heavy atom. The van der Waals surface area contributed by atoms with E-state index in [4.69, 9.17) is 29.6 Å². The topological polar surface area (TPSA) is 26.0 Å². The minimum atomic E-state index is 0.198. The van der Waals surface area contributed by atoms with Crippen molar-refractivity contribution in [3.05, 3.63) is 34.9 Å². The lowest BCUT2D eigenvalue weighted by Crippen LogP contribution is -2.23. The Labute approximate surface area is 95.3 Å². The van der Waals surface area contributed by atoms with Crippen LogP contribution in [0.4, 0.5) is 0 Å². The highest BCUT2D eigenvalue weighted by Crippen LogP contribution is 2.26. The normalized spacial score (nSPS) is 14.8. The van der Waals surface area contributed by atoms with Crippen LogP contribution < -0.4 is 5.73 Å². The largest absolute Gasteiger partial charge is 0.393 e. The van der Waals surface area contributed by atoms with Crippen LogP contribution in [0.1, 0.15) is 25.3 Å². The first-order valence-corrected chi connectivity index (χ1v) is 5.35. The van der Waals surface area contributed by atoms with Crippen LogP contribution in [0.25, 0.3) is 0 Å². The van der Waals surface area contributed by atoms with Crippen molar-refractivity contribution >= 4 is 28.8 Å². The molecule has 2 unspecified atom stereocenters. The van der Waals surface area contributed by atoms with Crippen LogP contribution in [-0.4, -0.2) is 4.99 Å². The molecule has 1 aromatic rings. The number of thiocarbonyl (C=S) groups is 1. The molecule has 1 nitrogen and oxygen atoms in total. The van der Waals surface area contributed by atoms with E-state index < -0.39 is 0 Å². The summed E-state index contributed by atoms with van der Waals surface area (Å²) in [7, 11) is 0. The van der Waals surface area contributed by atoms with Gasteiger partial charge in [-0.2, -0.15) is 0 Å². The molecule has 0 aromatic heterocycles. The summed E-state index contributed by atoms with van der Waals surface area (Å²) in [6.45, 7) is 4.14. The minimum Gasteiger partial charge on any atom is -0.393 e.